The maximum atomic E-state index is 11.6. The topological polar surface area (TPSA) is 77.5 Å². The molecule has 5 nitrogen and oxygen atoms in total. The molecule has 0 bridgehead atoms. The summed E-state index contributed by atoms with van der Waals surface area (Å²) in [5.74, 6) is 0.0515. The number of aromatic nitrogens is 1. The Bertz CT molecular complexity index is 1180. The summed E-state index contributed by atoms with van der Waals surface area (Å²) >= 11 is 0. The van der Waals surface area contributed by atoms with E-state index in [4.69, 9.17) is 4.99 Å². The number of aromatic amines is 1. The van der Waals surface area contributed by atoms with Crippen LogP contribution in [0.3, 0.4) is 0 Å². The van der Waals surface area contributed by atoms with E-state index in [1.807, 2.05) is 85.8 Å². The molecule has 5 heteroatoms. The van der Waals surface area contributed by atoms with Crippen LogP contribution < -0.4 is 5.32 Å². The van der Waals surface area contributed by atoms with Gasteiger partial charge in [0, 0.05) is 28.6 Å². The molecule has 1 aromatic heterocycles. The molecule has 29 heavy (non-hydrogen) atoms. The minimum Gasteiger partial charge on any atom is -0.494 e. The third-order valence-corrected chi connectivity index (χ3v) is 4.68. The Morgan fingerprint density at radius 1 is 0.966 bits per heavy atom. The number of para-hydroxylation sites is 1. The molecule has 0 fully saturated rings. The quantitative estimate of drug-likeness (QED) is 0.404. The molecule has 0 unspecified atom stereocenters. The van der Waals surface area contributed by atoms with Crippen LogP contribution in [0.5, 0.6) is 5.88 Å². The van der Waals surface area contributed by atoms with Crippen molar-refractivity contribution in [1.29, 1.82) is 0 Å². The Kier molecular flexibility index (Phi) is 5.12. The van der Waals surface area contributed by atoms with Gasteiger partial charge in [-0.1, -0.05) is 55.5 Å². The summed E-state index contributed by atoms with van der Waals surface area (Å²) in [6.45, 7) is 1.81. The molecule has 4 aromatic rings. The fraction of sp³-hybridized carbons (Fsp3) is 0.0833. The Hall–Kier alpha value is -3.86. The summed E-state index contributed by atoms with van der Waals surface area (Å²) < 4.78 is 0. The maximum Gasteiger partial charge on any atom is 0.224 e. The molecule has 0 aliphatic rings. The van der Waals surface area contributed by atoms with E-state index in [-0.39, 0.29) is 11.8 Å². The second-order valence-electron chi connectivity index (χ2n) is 6.67. The first kappa shape index (κ1) is 18.5. The third kappa shape index (κ3) is 3.89. The molecule has 4 rings (SSSR count). The predicted octanol–water partition coefficient (Wildman–Crippen LogP) is 5.39. The van der Waals surface area contributed by atoms with Crippen molar-refractivity contribution in [1.82, 2.24) is 4.98 Å². The fourth-order valence-electron chi connectivity index (χ4n) is 3.23. The van der Waals surface area contributed by atoms with Crippen molar-refractivity contribution in [3.05, 3.63) is 90.0 Å². The van der Waals surface area contributed by atoms with Gasteiger partial charge in [0.15, 0.2) is 5.88 Å². The highest BCUT2D eigenvalue weighted by Gasteiger charge is 2.18. The lowest BCUT2D eigenvalue weighted by Crippen LogP contribution is -2.08. The minimum absolute atomic E-state index is 0.0325. The van der Waals surface area contributed by atoms with Crippen LogP contribution in [0.15, 0.2) is 83.9 Å². The monoisotopic (exact) mass is 383 g/mol. The molecule has 0 spiro atoms. The maximum absolute atomic E-state index is 11.6. The second kappa shape index (κ2) is 8.02. The van der Waals surface area contributed by atoms with E-state index in [1.54, 1.807) is 0 Å². The van der Waals surface area contributed by atoms with Crippen molar-refractivity contribution in [2.24, 2.45) is 4.99 Å². The van der Waals surface area contributed by atoms with E-state index in [0.29, 0.717) is 17.7 Å². The average molecular weight is 383 g/mol. The largest absolute Gasteiger partial charge is 0.494 e. The van der Waals surface area contributed by atoms with Crippen LogP contribution in [-0.4, -0.2) is 21.7 Å². The number of nitrogens with one attached hydrogen (secondary N) is 2. The zero-order valence-corrected chi connectivity index (χ0v) is 16.0. The number of amides is 1. The molecule has 3 aromatic carbocycles. The summed E-state index contributed by atoms with van der Waals surface area (Å²) in [6.07, 6.45) is 0.428. The van der Waals surface area contributed by atoms with Crippen LogP contribution in [0.2, 0.25) is 0 Å². The van der Waals surface area contributed by atoms with Gasteiger partial charge >= 0.3 is 0 Å². The molecule has 0 atom stereocenters. The van der Waals surface area contributed by atoms with Gasteiger partial charge in [0.05, 0.1) is 17.0 Å². The molecule has 1 amide bonds. The lowest BCUT2D eigenvalue weighted by Gasteiger charge is -2.08. The van der Waals surface area contributed by atoms with Gasteiger partial charge in [-0.05, 0) is 30.3 Å². The normalized spacial score (nSPS) is 11.6. The summed E-state index contributed by atoms with van der Waals surface area (Å²) in [4.78, 5) is 19.5. The minimum atomic E-state index is -0.0325. The Balaban J connectivity index is 1.82. The number of aliphatic imine (C=N–C) groups is 1. The highest BCUT2D eigenvalue weighted by Crippen LogP contribution is 2.31. The van der Waals surface area contributed by atoms with E-state index < -0.39 is 0 Å². The highest BCUT2D eigenvalue weighted by atomic mass is 16.3. The summed E-state index contributed by atoms with van der Waals surface area (Å²) in [7, 11) is 0. The number of H-pyrrole nitrogens is 1. The first-order chi connectivity index (χ1) is 14.2. The van der Waals surface area contributed by atoms with Gasteiger partial charge in [-0.15, -0.1) is 0 Å². The Morgan fingerprint density at radius 2 is 1.66 bits per heavy atom. The van der Waals surface area contributed by atoms with Crippen LogP contribution in [0.25, 0.3) is 10.9 Å². The smallest absolute Gasteiger partial charge is 0.224 e. The van der Waals surface area contributed by atoms with Gasteiger partial charge < -0.3 is 15.4 Å². The average Bonchev–Trinajstić information content (AvgIpc) is 3.09. The summed E-state index contributed by atoms with van der Waals surface area (Å²) in [5.41, 5.74) is 4.54. The number of carbonyl (C=O) groups excluding carboxylic acids is 1. The lowest BCUT2D eigenvalue weighted by atomic mass is 10.0. The first-order valence-corrected chi connectivity index (χ1v) is 9.50. The standard InChI is InChI=1S/C24H21N3O2/c1-2-21(28)25-17-12-14-18(15-13-17)26-23(16-8-4-3-5-9-16)22-19-10-6-7-11-20(19)27-24(22)29/h3-15,27,29H,2H2,1H3,(H,25,28). The number of carbonyl (C=O) groups is 1. The van der Waals surface area contributed by atoms with Gasteiger partial charge in [-0.25, -0.2) is 4.99 Å². The van der Waals surface area contributed by atoms with Crippen molar-refractivity contribution >= 4 is 33.9 Å². The van der Waals surface area contributed by atoms with E-state index in [0.717, 1.165) is 27.8 Å². The van der Waals surface area contributed by atoms with Gasteiger partial charge in [0.1, 0.15) is 0 Å². The van der Waals surface area contributed by atoms with Gasteiger partial charge in [-0.2, -0.15) is 0 Å². The SMILES string of the molecule is CCC(=O)Nc1ccc(N=C(c2ccccc2)c2c(O)[nH]c3ccccc23)cc1. The van der Waals surface area contributed by atoms with E-state index in [2.05, 4.69) is 10.3 Å². The molecule has 0 saturated carbocycles. The Labute approximate surface area is 168 Å². The molecular weight excluding hydrogens is 362 g/mol. The molecular formula is C24H21N3O2. The van der Waals surface area contributed by atoms with Crippen molar-refractivity contribution in [3.8, 4) is 5.88 Å². The third-order valence-electron chi connectivity index (χ3n) is 4.68. The fourth-order valence-corrected chi connectivity index (χ4v) is 3.23. The number of hydrogen-bond donors (Lipinski definition) is 3. The van der Waals surface area contributed by atoms with Crippen molar-refractivity contribution in [3.63, 3.8) is 0 Å². The molecule has 0 aliphatic heterocycles. The molecule has 0 aliphatic carbocycles. The van der Waals surface area contributed by atoms with Crippen LogP contribution >= 0.6 is 0 Å². The van der Waals surface area contributed by atoms with Gasteiger partial charge in [0.2, 0.25) is 5.91 Å². The molecule has 3 N–H and O–H groups in total. The van der Waals surface area contributed by atoms with Gasteiger partial charge in [0.25, 0.3) is 0 Å². The number of rotatable bonds is 5. The lowest BCUT2D eigenvalue weighted by molar-refractivity contribution is -0.115. The zero-order chi connectivity index (χ0) is 20.2. The van der Waals surface area contributed by atoms with Gasteiger partial charge in [-0.3, -0.25) is 4.79 Å². The molecule has 144 valence electrons. The zero-order valence-electron chi connectivity index (χ0n) is 16.0. The molecule has 0 radical (unpaired) electrons. The number of benzene rings is 3. The second-order valence-corrected chi connectivity index (χ2v) is 6.67. The highest BCUT2D eigenvalue weighted by molar-refractivity contribution is 6.21. The first-order valence-electron chi connectivity index (χ1n) is 9.50. The van der Waals surface area contributed by atoms with Crippen LogP contribution in [0.1, 0.15) is 24.5 Å². The number of nitrogens with zero attached hydrogens (tertiary/aromatic N) is 1. The number of aromatic hydroxyl groups is 1. The summed E-state index contributed by atoms with van der Waals surface area (Å²) in [6, 6.07) is 24.9. The number of anilines is 1. The van der Waals surface area contributed by atoms with Crippen molar-refractivity contribution in [2.45, 2.75) is 13.3 Å². The van der Waals surface area contributed by atoms with Crippen LogP contribution in [-0.2, 0) is 4.79 Å². The molecule has 1 heterocycles. The predicted molar refractivity (Wildman–Crippen MR) is 117 cm³/mol. The van der Waals surface area contributed by atoms with Crippen molar-refractivity contribution < 1.29 is 9.90 Å². The van der Waals surface area contributed by atoms with E-state index in [9.17, 15) is 9.90 Å². The molecule has 0 saturated heterocycles. The number of hydrogen-bond acceptors (Lipinski definition) is 3. The van der Waals surface area contributed by atoms with Crippen LogP contribution in [0, 0.1) is 0 Å². The van der Waals surface area contributed by atoms with Crippen molar-refractivity contribution in [2.75, 3.05) is 5.32 Å². The summed E-state index contributed by atoms with van der Waals surface area (Å²) in [5, 5.41) is 14.4. The van der Waals surface area contributed by atoms with Crippen LogP contribution in [0.4, 0.5) is 11.4 Å². The van der Waals surface area contributed by atoms with E-state index in [1.165, 1.54) is 0 Å². The number of fused-ring (bicyclic) bond motifs is 1. The Morgan fingerprint density at radius 3 is 2.38 bits per heavy atom. The van der Waals surface area contributed by atoms with E-state index >= 15 is 0 Å².